The first-order valence-corrected chi connectivity index (χ1v) is 8.95. The second-order valence-corrected chi connectivity index (χ2v) is 6.25. The van der Waals surface area contributed by atoms with E-state index in [1.165, 1.54) is 0 Å². The third-order valence-electron chi connectivity index (χ3n) is 4.09. The zero-order chi connectivity index (χ0) is 19.8. The van der Waals surface area contributed by atoms with E-state index < -0.39 is 0 Å². The quantitative estimate of drug-likeness (QED) is 0.620. The van der Waals surface area contributed by atoms with Crippen LogP contribution in [0.15, 0.2) is 66.9 Å². The third kappa shape index (κ3) is 5.48. The van der Waals surface area contributed by atoms with Crippen LogP contribution in [0.3, 0.4) is 0 Å². The zero-order valence-electron chi connectivity index (χ0n) is 15.9. The number of nitrogens with zero attached hydrogens (tertiary/aromatic N) is 1. The van der Waals surface area contributed by atoms with Crippen LogP contribution >= 0.6 is 0 Å². The molecule has 0 saturated heterocycles. The lowest BCUT2D eigenvalue weighted by Crippen LogP contribution is -2.20. The van der Waals surface area contributed by atoms with Gasteiger partial charge in [-0.2, -0.15) is 0 Å². The number of hydrogen-bond acceptors (Lipinski definition) is 5. The highest BCUT2D eigenvalue weighted by Gasteiger charge is 2.05. The van der Waals surface area contributed by atoms with Gasteiger partial charge in [0.25, 0.3) is 5.91 Å². The average molecular weight is 377 g/mol. The number of ether oxygens (including phenoxy) is 2. The van der Waals surface area contributed by atoms with Crippen LogP contribution in [0, 0.1) is 6.92 Å². The Kier molecular flexibility index (Phi) is 6.46. The van der Waals surface area contributed by atoms with E-state index in [9.17, 15) is 4.79 Å². The maximum absolute atomic E-state index is 12.0. The second kappa shape index (κ2) is 9.41. The number of hydrogen-bond donors (Lipinski definition) is 2. The number of para-hydroxylation sites is 1. The number of nitrogens with one attached hydrogen (secondary N) is 2. The molecule has 3 aromatic rings. The Bertz CT molecular complexity index is 909. The van der Waals surface area contributed by atoms with Crippen molar-refractivity contribution in [2.24, 2.45) is 0 Å². The van der Waals surface area contributed by atoms with Gasteiger partial charge < -0.3 is 20.1 Å². The van der Waals surface area contributed by atoms with Crippen molar-refractivity contribution in [1.82, 2.24) is 4.98 Å². The van der Waals surface area contributed by atoms with Gasteiger partial charge in [-0.3, -0.25) is 4.79 Å². The molecule has 2 aromatic carbocycles. The van der Waals surface area contributed by atoms with Crippen LogP contribution in [-0.2, 0) is 11.3 Å². The molecule has 0 unspecified atom stereocenters. The van der Waals surface area contributed by atoms with Crippen LogP contribution in [0.25, 0.3) is 0 Å². The molecule has 6 heteroatoms. The summed E-state index contributed by atoms with van der Waals surface area (Å²) in [4.78, 5) is 16.3. The van der Waals surface area contributed by atoms with Crippen LogP contribution in [0.1, 0.15) is 11.1 Å². The van der Waals surface area contributed by atoms with Crippen LogP contribution in [0.2, 0.25) is 0 Å². The molecule has 1 heterocycles. The van der Waals surface area contributed by atoms with Crippen molar-refractivity contribution in [3.63, 3.8) is 0 Å². The SMILES string of the molecule is COc1ccccc1CNc1ccc(NC(=O)COc2ccc(C)cc2)cn1. The molecule has 144 valence electrons. The summed E-state index contributed by atoms with van der Waals surface area (Å²) in [6.07, 6.45) is 1.61. The molecule has 0 aliphatic heterocycles. The van der Waals surface area contributed by atoms with Crippen molar-refractivity contribution in [1.29, 1.82) is 0 Å². The first kappa shape index (κ1) is 19.2. The Labute approximate surface area is 164 Å². The molecule has 0 aliphatic carbocycles. The smallest absolute Gasteiger partial charge is 0.262 e. The lowest BCUT2D eigenvalue weighted by atomic mass is 10.2. The predicted octanol–water partition coefficient (Wildman–Crippen LogP) is 4.03. The molecule has 0 aliphatic rings. The van der Waals surface area contributed by atoms with Gasteiger partial charge in [0.15, 0.2) is 6.61 Å². The average Bonchev–Trinajstić information content (AvgIpc) is 2.73. The van der Waals surface area contributed by atoms with E-state index in [0.29, 0.717) is 23.8 Å². The molecule has 0 bridgehead atoms. The summed E-state index contributed by atoms with van der Waals surface area (Å²) in [5.74, 6) is 1.96. The minimum Gasteiger partial charge on any atom is -0.496 e. The Morgan fingerprint density at radius 2 is 1.82 bits per heavy atom. The highest BCUT2D eigenvalue weighted by Crippen LogP contribution is 2.19. The lowest BCUT2D eigenvalue weighted by molar-refractivity contribution is -0.118. The summed E-state index contributed by atoms with van der Waals surface area (Å²) in [5, 5.41) is 6.01. The van der Waals surface area contributed by atoms with Crippen molar-refractivity contribution in [2.75, 3.05) is 24.4 Å². The van der Waals surface area contributed by atoms with Crippen LogP contribution < -0.4 is 20.1 Å². The van der Waals surface area contributed by atoms with Gasteiger partial charge in [0, 0.05) is 12.1 Å². The van der Waals surface area contributed by atoms with Gasteiger partial charge in [0.2, 0.25) is 0 Å². The predicted molar refractivity (Wildman–Crippen MR) is 110 cm³/mol. The molecule has 0 fully saturated rings. The minimum atomic E-state index is -0.239. The Morgan fingerprint density at radius 3 is 2.54 bits per heavy atom. The van der Waals surface area contributed by atoms with Crippen molar-refractivity contribution in [3.8, 4) is 11.5 Å². The number of methoxy groups -OCH3 is 1. The fourth-order valence-corrected chi connectivity index (χ4v) is 2.59. The number of carbonyl (C=O) groups is 1. The van der Waals surface area contributed by atoms with E-state index in [-0.39, 0.29) is 12.5 Å². The monoisotopic (exact) mass is 377 g/mol. The highest BCUT2D eigenvalue weighted by atomic mass is 16.5. The molecule has 0 saturated carbocycles. The molecule has 0 atom stereocenters. The fraction of sp³-hybridized carbons (Fsp3) is 0.182. The normalized spacial score (nSPS) is 10.2. The minimum absolute atomic E-state index is 0.0587. The van der Waals surface area contributed by atoms with E-state index in [0.717, 1.165) is 16.9 Å². The molecule has 1 aromatic heterocycles. The summed E-state index contributed by atoms with van der Waals surface area (Å²) in [6.45, 7) is 2.53. The number of benzene rings is 2. The standard InChI is InChI=1S/C22H23N3O3/c1-16-7-10-19(11-8-16)28-15-22(26)25-18-9-12-21(24-14-18)23-13-17-5-3-4-6-20(17)27-2/h3-12,14H,13,15H2,1-2H3,(H,23,24)(H,25,26). The maximum atomic E-state index is 12.0. The molecule has 2 N–H and O–H groups in total. The summed E-state index contributed by atoms with van der Waals surface area (Å²) in [5.41, 5.74) is 2.79. The second-order valence-electron chi connectivity index (χ2n) is 6.25. The molecular formula is C22H23N3O3. The first-order valence-electron chi connectivity index (χ1n) is 8.95. The van der Waals surface area contributed by atoms with Crippen molar-refractivity contribution in [3.05, 3.63) is 78.0 Å². The van der Waals surface area contributed by atoms with Gasteiger partial charge >= 0.3 is 0 Å². The zero-order valence-corrected chi connectivity index (χ0v) is 15.9. The van der Waals surface area contributed by atoms with Gasteiger partial charge in [-0.15, -0.1) is 0 Å². The Balaban J connectivity index is 1.48. The van der Waals surface area contributed by atoms with Gasteiger partial charge in [-0.25, -0.2) is 4.98 Å². The van der Waals surface area contributed by atoms with Crippen molar-refractivity contribution >= 4 is 17.4 Å². The van der Waals surface area contributed by atoms with Crippen LogP contribution in [0.4, 0.5) is 11.5 Å². The van der Waals surface area contributed by atoms with Crippen LogP contribution in [-0.4, -0.2) is 24.6 Å². The molecule has 0 spiro atoms. The summed E-state index contributed by atoms with van der Waals surface area (Å²) < 4.78 is 10.8. The number of carbonyl (C=O) groups excluding carboxylic acids is 1. The van der Waals surface area contributed by atoms with E-state index in [1.54, 1.807) is 19.4 Å². The molecular weight excluding hydrogens is 354 g/mol. The molecule has 1 amide bonds. The molecule has 0 radical (unpaired) electrons. The van der Waals surface area contributed by atoms with E-state index in [2.05, 4.69) is 15.6 Å². The van der Waals surface area contributed by atoms with Gasteiger partial charge in [0.1, 0.15) is 17.3 Å². The summed E-state index contributed by atoms with van der Waals surface area (Å²) in [6, 6.07) is 19.0. The van der Waals surface area contributed by atoms with E-state index in [1.807, 2.05) is 61.5 Å². The largest absolute Gasteiger partial charge is 0.496 e. The van der Waals surface area contributed by atoms with Gasteiger partial charge in [0.05, 0.1) is 19.0 Å². The lowest BCUT2D eigenvalue weighted by Gasteiger charge is -2.11. The van der Waals surface area contributed by atoms with Gasteiger partial charge in [-0.05, 0) is 37.3 Å². The number of aryl methyl sites for hydroxylation is 1. The van der Waals surface area contributed by atoms with E-state index >= 15 is 0 Å². The third-order valence-corrected chi connectivity index (χ3v) is 4.09. The molecule has 28 heavy (non-hydrogen) atoms. The van der Waals surface area contributed by atoms with Crippen molar-refractivity contribution in [2.45, 2.75) is 13.5 Å². The van der Waals surface area contributed by atoms with E-state index in [4.69, 9.17) is 9.47 Å². The van der Waals surface area contributed by atoms with Crippen molar-refractivity contribution < 1.29 is 14.3 Å². The Morgan fingerprint density at radius 1 is 1.04 bits per heavy atom. The number of anilines is 2. The number of rotatable bonds is 8. The topological polar surface area (TPSA) is 72.5 Å². The maximum Gasteiger partial charge on any atom is 0.262 e. The number of aromatic nitrogens is 1. The van der Waals surface area contributed by atoms with Crippen LogP contribution in [0.5, 0.6) is 11.5 Å². The summed E-state index contributed by atoms with van der Waals surface area (Å²) in [7, 11) is 1.65. The highest BCUT2D eigenvalue weighted by molar-refractivity contribution is 5.91. The first-order chi connectivity index (χ1) is 13.6. The molecule has 6 nitrogen and oxygen atoms in total. The number of pyridine rings is 1. The Hall–Kier alpha value is -3.54. The number of amides is 1. The van der Waals surface area contributed by atoms with Gasteiger partial charge in [-0.1, -0.05) is 35.9 Å². The summed E-state index contributed by atoms with van der Waals surface area (Å²) >= 11 is 0. The molecule has 3 rings (SSSR count). The fourth-order valence-electron chi connectivity index (χ4n) is 2.59.